The molecule has 0 atom stereocenters. The van der Waals surface area contributed by atoms with Crippen molar-refractivity contribution >= 4 is 16.1 Å². The maximum absolute atomic E-state index is 9.00. The Morgan fingerprint density at radius 3 is 1.80 bits per heavy atom. The van der Waals surface area contributed by atoms with Crippen molar-refractivity contribution in [1.29, 1.82) is 0 Å². The topological polar surface area (TPSA) is 37.3 Å². The Bertz CT molecular complexity index is 30.6. The van der Waals surface area contributed by atoms with Crippen molar-refractivity contribution in [3.63, 3.8) is 0 Å². The Balaban J connectivity index is 0. The van der Waals surface area contributed by atoms with Crippen molar-refractivity contribution in [3.8, 4) is 0 Å². The second-order valence-electron chi connectivity index (χ2n) is 0.519. The van der Waals surface area contributed by atoms with Gasteiger partial charge in [0.05, 0.1) is 0 Å². The van der Waals surface area contributed by atoms with E-state index in [2.05, 4.69) is 0 Å². The molecule has 0 radical (unpaired) electrons. The van der Waals surface area contributed by atoms with E-state index >= 15 is 0 Å². The average molecular weight is 71.1 g/mol. The molecule has 0 heterocycles. The molecule has 0 aliphatic carbocycles. The number of hydrogen-bond acceptors (Lipinski definition) is 1. The molecule has 0 aromatic heterocycles. The maximum atomic E-state index is 9.00. The first kappa shape index (κ1) is 8.82. The van der Waals surface area contributed by atoms with Crippen LogP contribution in [0, 0.1) is 0 Å². The van der Waals surface area contributed by atoms with E-state index in [1.165, 1.54) is 0 Å². The van der Waals surface area contributed by atoms with E-state index in [0.29, 0.717) is 0 Å². The van der Waals surface area contributed by atoms with E-state index in [1.54, 1.807) is 0 Å². The molecule has 0 bridgehead atoms. The Morgan fingerprint density at radius 1 is 1.80 bits per heavy atom. The average Bonchev–Trinajstić information content (AvgIpc) is 0.811. The molecule has 0 saturated heterocycles. The molecule has 0 spiro atoms. The van der Waals surface area contributed by atoms with Gasteiger partial charge in [-0.3, -0.25) is 4.79 Å². The number of hydrogen-bond donors (Lipinski definition) is 1. The van der Waals surface area contributed by atoms with E-state index < -0.39 is 5.97 Å². The molecular formula is C2H6BeO2. The minimum atomic E-state index is -0.833. The van der Waals surface area contributed by atoms with Crippen molar-refractivity contribution in [1.82, 2.24) is 0 Å². The molecule has 1 N–H and O–H groups in total. The third kappa shape index (κ3) is 74.9. The van der Waals surface area contributed by atoms with Crippen LogP contribution in [0.3, 0.4) is 0 Å². The second-order valence-corrected chi connectivity index (χ2v) is 0.519. The molecule has 0 saturated carbocycles. The summed E-state index contributed by atoms with van der Waals surface area (Å²) in [4.78, 5) is 9.00. The number of carbonyl (C=O) groups is 1. The number of carboxylic acids is 1. The van der Waals surface area contributed by atoms with Gasteiger partial charge in [0.25, 0.3) is 5.97 Å². The van der Waals surface area contributed by atoms with Gasteiger partial charge < -0.3 is 5.11 Å². The first-order valence-corrected chi connectivity index (χ1v) is 0.928. The summed E-state index contributed by atoms with van der Waals surface area (Å²) in [6, 6.07) is 0. The normalized spacial score (nSPS) is 5.00. The van der Waals surface area contributed by atoms with Crippen LogP contribution in [-0.2, 0) is 4.79 Å². The molecule has 0 fully saturated rings. The standard InChI is InChI=1S/C2H4O2.Be.2H/c1-2(3)4;;;/h1H3,(H,3,4);;;. The fourth-order valence-corrected chi connectivity index (χ4v) is 0. The summed E-state index contributed by atoms with van der Waals surface area (Å²) >= 11 is 0. The van der Waals surface area contributed by atoms with Gasteiger partial charge >= 0.3 is 10.1 Å². The van der Waals surface area contributed by atoms with Gasteiger partial charge in [0, 0.05) is 6.92 Å². The molecule has 3 heteroatoms. The summed E-state index contributed by atoms with van der Waals surface area (Å²) in [5.74, 6) is -0.833. The summed E-state index contributed by atoms with van der Waals surface area (Å²) in [5.41, 5.74) is 0. The fourth-order valence-electron chi connectivity index (χ4n) is 0. The van der Waals surface area contributed by atoms with Crippen LogP contribution in [0.1, 0.15) is 6.92 Å². The van der Waals surface area contributed by atoms with E-state index in [9.17, 15) is 0 Å². The van der Waals surface area contributed by atoms with Crippen LogP contribution in [-0.4, -0.2) is 21.2 Å². The van der Waals surface area contributed by atoms with Crippen LogP contribution in [0.2, 0.25) is 0 Å². The molecule has 0 unspecified atom stereocenters. The monoisotopic (exact) mass is 71.0 g/mol. The fraction of sp³-hybridized carbons (Fsp3) is 0.500. The number of carboxylic acid groups (broad SMARTS) is 1. The van der Waals surface area contributed by atoms with Crippen LogP contribution in [0.25, 0.3) is 0 Å². The zero-order valence-corrected chi connectivity index (χ0v) is 2.36. The van der Waals surface area contributed by atoms with E-state index in [0.717, 1.165) is 6.92 Å². The van der Waals surface area contributed by atoms with Crippen molar-refractivity contribution in [2.75, 3.05) is 0 Å². The van der Waals surface area contributed by atoms with Crippen LogP contribution >= 0.6 is 0 Å². The second kappa shape index (κ2) is 3.64. The van der Waals surface area contributed by atoms with Crippen molar-refractivity contribution in [2.24, 2.45) is 0 Å². The van der Waals surface area contributed by atoms with Gasteiger partial charge in [0.2, 0.25) is 0 Å². The Hall–Kier alpha value is -0.361. The molecule has 5 heavy (non-hydrogen) atoms. The first-order chi connectivity index (χ1) is 1.73. The molecule has 2 nitrogen and oxygen atoms in total. The minimum absolute atomic E-state index is 0. The van der Waals surface area contributed by atoms with Crippen LogP contribution in [0.15, 0.2) is 0 Å². The predicted octanol–water partition coefficient (Wildman–Crippen LogP) is -0.825. The zero-order chi connectivity index (χ0) is 3.58. The molecule has 0 aliphatic heterocycles. The molecule has 28 valence electrons. The first-order valence-electron chi connectivity index (χ1n) is 0.928. The number of aliphatic carboxylic acids is 1. The SMILES string of the molecule is CC(=O)O.[BeH2]. The third-order valence-corrected chi connectivity index (χ3v) is 0. The van der Waals surface area contributed by atoms with Gasteiger partial charge in [-0.05, 0) is 0 Å². The van der Waals surface area contributed by atoms with Crippen molar-refractivity contribution in [3.05, 3.63) is 0 Å². The third-order valence-electron chi connectivity index (χ3n) is 0. The quantitative estimate of drug-likeness (QED) is 0.379. The summed E-state index contributed by atoms with van der Waals surface area (Å²) in [5, 5.41) is 7.42. The van der Waals surface area contributed by atoms with Gasteiger partial charge in [-0.1, -0.05) is 0 Å². The summed E-state index contributed by atoms with van der Waals surface area (Å²) < 4.78 is 0. The van der Waals surface area contributed by atoms with Gasteiger partial charge in [-0.2, -0.15) is 0 Å². The zero-order valence-electron chi connectivity index (χ0n) is 2.36. The van der Waals surface area contributed by atoms with Crippen LogP contribution in [0.4, 0.5) is 0 Å². The van der Waals surface area contributed by atoms with Gasteiger partial charge in [0.15, 0.2) is 0 Å². The van der Waals surface area contributed by atoms with Gasteiger partial charge in [-0.25, -0.2) is 0 Å². The molecule has 0 aliphatic rings. The summed E-state index contributed by atoms with van der Waals surface area (Å²) in [7, 11) is 0. The molecule has 0 rings (SSSR count). The van der Waals surface area contributed by atoms with Crippen molar-refractivity contribution in [2.45, 2.75) is 6.92 Å². The summed E-state index contributed by atoms with van der Waals surface area (Å²) in [6.45, 7) is 1.08. The van der Waals surface area contributed by atoms with Gasteiger partial charge in [0.1, 0.15) is 0 Å². The van der Waals surface area contributed by atoms with Gasteiger partial charge in [-0.15, -0.1) is 0 Å². The Kier molecular flexibility index (Phi) is 6.42. The Labute approximate surface area is 34.0 Å². The van der Waals surface area contributed by atoms with Crippen LogP contribution < -0.4 is 0 Å². The Morgan fingerprint density at radius 2 is 1.80 bits per heavy atom. The molecule has 0 aromatic carbocycles. The van der Waals surface area contributed by atoms with Crippen molar-refractivity contribution < 1.29 is 9.90 Å². The molecule has 0 amide bonds. The molecule has 0 aromatic rings. The predicted molar refractivity (Wildman–Crippen MR) is 21.9 cm³/mol. The van der Waals surface area contributed by atoms with Crippen LogP contribution in [0.5, 0.6) is 0 Å². The van der Waals surface area contributed by atoms with E-state index in [1.807, 2.05) is 0 Å². The van der Waals surface area contributed by atoms with E-state index in [4.69, 9.17) is 9.90 Å². The summed E-state index contributed by atoms with van der Waals surface area (Å²) in [6.07, 6.45) is 0. The van der Waals surface area contributed by atoms with E-state index in [-0.39, 0.29) is 10.1 Å². The molecular weight excluding hydrogens is 65.0 g/mol. The number of rotatable bonds is 0.